The predicted molar refractivity (Wildman–Crippen MR) is 92.4 cm³/mol. The summed E-state index contributed by atoms with van der Waals surface area (Å²) in [6.45, 7) is 5.90. The highest BCUT2D eigenvalue weighted by Gasteiger charge is 2.30. The average molecular weight is 390 g/mol. The molecule has 6 heteroatoms. The van der Waals surface area contributed by atoms with Gasteiger partial charge in [-0.15, -0.1) is 24.0 Å². The molecule has 0 aromatic carbocycles. The molecule has 5 nitrogen and oxygen atoms in total. The second kappa shape index (κ2) is 8.41. The van der Waals surface area contributed by atoms with E-state index in [1.54, 1.807) is 6.20 Å². The lowest BCUT2D eigenvalue weighted by molar-refractivity contribution is 0.0559. The highest BCUT2D eigenvalue weighted by molar-refractivity contribution is 14.0. The van der Waals surface area contributed by atoms with Crippen LogP contribution >= 0.6 is 24.0 Å². The number of nitrogens with two attached hydrogens (primary N) is 1. The Hall–Kier alpha value is -0.890. The fourth-order valence-electron chi connectivity index (χ4n) is 2.41. The smallest absolute Gasteiger partial charge is 0.194 e. The van der Waals surface area contributed by atoms with Crippen LogP contribution in [0.1, 0.15) is 20.3 Å². The molecule has 1 aliphatic rings. The van der Waals surface area contributed by atoms with Gasteiger partial charge in [-0.05, 0) is 24.5 Å². The second-order valence-corrected chi connectivity index (χ2v) is 5.19. The van der Waals surface area contributed by atoms with Crippen LogP contribution in [0.15, 0.2) is 29.4 Å². The molecule has 112 valence electrons. The lowest BCUT2D eigenvalue weighted by Gasteiger charge is -2.20. The molecule has 3 N–H and O–H groups in total. The first-order valence-corrected chi connectivity index (χ1v) is 6.76. The minimum absolute atomic E-state index is 0. The molecule has 0 aliphatic carbocycles. The maximum absolute atomic E-state index is 5.86. The zero-order chi connectivity index (χ0) is 13.7. The van der Waals surface area contributed by atoms with Gasteiger partial charge in [0.2, 0.25) is 0 Å². The van der Waals surface area contributed by atoms with Crippen LogP contribution in [0.25, 0.3) is 0 Å². The highest BCUT2D eigenvalue weighted by Crippen LogP contribution is 2.26. The normalized spacial score (nSPS) is 22.6. The molecule has 2 unspecified atom stereocenters. The van der Waals surface area contributed by atoms with Crippen LogP contribution < -0.4 is 11.1 Å². The van der Waals surface area contributed by atoms with E-state index in [4.69, 9.17) is 10.5 Å². The molecule has 2 heterocycles. The molecule has 1 aromatic heterocycles. The lowest BCUT2D eigenvalue weighted by Crippen LogP contribution is -2.28. The summed E-state index contributed by atoms with van der Waals surface area (Å²) in [6, 6.07) is 5.63. The van der Waals surface area contributed by atoms with E-state index in [1.165, 1.54) is 0 Å². The summed E-state index contributed by atoms with van der Waals surface area (Å²) in [7, 11) is 0. The van der Waals surface area contributed by atoms with E-state index in [-0.39, 0.29) is 24.0 Å². The molecule has 0 saturated carbocycles. The number of hydrogen-bond donors (Lipinski definition) is 2. The van der Waals surface area contributed by atoms with Crippen molar-refractivity contribution >= 4 is 35.8 Å². The van der Waals surface area contributed by atoms with Gasteiger partial charge in [0.1, 0.15) is 5.82 Å². The third kappa shape index (κ3) is 4.90. The molecule has 20 heavy (non-hydrogen) atoms. The van der Waals surface area contributed by atoms with Crippen LogP contribution in [-0.2, 0) is 4.74 Å². The number of aromatic nitrogens is 1. The maximum atomic E-state index is 5.86. The topological polar surface area (TPSA) is 72.5 Å². The molecule has 1 aliphatic heterocycles. The molecule has 2 rings (SSSR count). The Balaban J connectivity index is 0.00000200. The number of hydrogen-bond acceptors (Lipinski definition) is 3. The number of anilines is 1. The Morgan fingerprint density at radius 3 is 3.00 bits per heavy atom. The third-order valence-corrected chi connectivity index (χ3v) is 3.34. The van der Waals surface area contributed by atoms with Gasteiger partial charge in [-0.3, -0.25) is 4.99 Å². The maximum Gasteiger partial charge on any atom is 0.194 e. The number of pyridine rings is 1. The Kier molecular flexibility index (Phi) is 7.22. The van der Waals surface area contributed by atoms with Crippen molar-refractivity contribution in [2.45, 2.75) is 26.4 Å². The molecule has 0 amide bonds. The van der Waals surface area contributed by atoms with E-state index in [2.05, 4.69) is 29.1 Å². The number of halogens is 1. The largest absolute Gasteiger partial charge is 0.378 e. The molecular formula is C14H23IN4O. The van der Waals surface area contributed by atoms with Gasteiger partial charge in [0.15, 0.2) is 5.96 Å². The second-order valence-electron chi connectivity index (χ2n) is 5.19. The zero-order valence-corrected chi connectivity index (χ0v) is 14.3. The van der Waals surface area contributed by atoms with E-state index >= 15 is 0 Å². The summed E-state index contributed by atoms with van der Waals surface area (Å²) in [5, 5.41) is 2.99. The van der Waals surface area contributed by atoms with Crippen LogP contribution in [0.4, 0.5) is 5.82 Å². The Bertz CT molecular complexity index is 424. The summed E-state index contributed by atoms with van der Waals surface area (Å²) < 4.78 is 5.73. The standard InChI is InChI=1S/C14H22N4O.HI/c1-10(2)13-11(6-8-19-13)9-17-14(15)18-12-5-3-4-7-16-12;/h3-5,7,10-11,13H,6,8-9H2,1-2H3,(H3,15,16,17,18);1H. The number of guanidine groups is 1. The summed E-state index contributed by atoms with van der Waals surface area (Å²) >= 11 is 0. The summed E-state index contributed by atoms with van der Waals surface area (Å²) in [5.74, 6) is 2.11. The van der Waals surface area contributed by atoms with E-state index in [9.17, 15) is 0 Å². The number of nitrogens with one attached hydrogen (secondary N) is 1. The van der Waals surface area contributed by atoms with Crippen LogP contribution in [0.2, 0.25) is 0 Å². The third-order valence-electron chi connectivity index (χ3n) is 3.34. The zero-order valence-electron chi connectivity index (χ0n) is 12.0. The molecule has 1 fully saturated rings. The first-order valence-electron chi connectivity index (χ1n) is 6.76. The molecule has 0 radical (unpaired) electrons. The van der Waals surface area contributed by atoms with Gasteiger partial charge in [0.25, 0.3) is 0 Å². The number of ether oxygens (including phenoxy) is 1. The lowest BCUT2D eigenvalue weighted by atomic mass is 9.93. The number of nitrogens with zero attached hydrogens (tertiary/aromatic N) is 2. The van der Waals surface area contributed by atoms with E-state index in [0.29, 0.717) is 36.3 Å². The molecule has 0 spiro atoms. The highest BCUT2D eigenvalue weighted by atomic mass is 127. The van der Waals surface area contributed by atoms with Gasteiger partial charge in [-0.2, -0.15) is 0 Å². The van der Waals surface area contributed by atoms with Crippen molar-refractivity contribution in [1.82, 2.24) is 4.98 Å². The Morgan fingerprint density at radius 2 is 2.35 bits per heavy atom. The fraction of sp³-hybridized carbons (Fsp3) is 0.571. The molecule has 1 aromatic rings. The SMILES string of the molecule is CC(C)C1OCCC1CN=C(N)Nc1ccccn1.I. The van der Waals surface area contributed by atoms with Crippen LogP contribution in [0.5, 0.6) is 0 Å². The van der Waals surface area contributed by atoms with E-state index < -0.39 is 0 Å². The number of rotatable bonds is 4. The van der Waals surface area contributed by atoms with E-state index in [1.807, 2.05) is 18.2 Å². The first kappa shape index (κ1) is 17.2. The minimum Gasteiger partial charge on any atom is -0.378 e. The molecular weight excluding hydrogens is 367 g/mol. The summed E-state index contributed by atoms with van der Waals surface area (Å²) in [4.78, 5) is 8.54. The van der Waals surface area contributed by atoms with Crippen molar-refractivity contribution in [2.24, 2.45) is 22.6 Å². The van der Waals surface area contributed by atoms with Gasteiger partial charge in [-0.25, -0.2) is 4.98 Å². The molecule has 1 saturated heterocycles. The van der Waals surface area contributed by atoms with E-state index in [0.717, 1.165) is 13.0 Å². The van der Waals surface area contributed by atoms with Gasteiger partial charge in [-0.1, -0.05) is 19.9 Å². The quantitative estimate of drug-likeness (QED) is 0.471. The summed E-state index contributed by atoms with van der Waals surface area (Å²) in [6.07, 6.45) is 3.07. The molecule has 0 bridgehead atoms. The van der Waals surface area contributed by atoms with Gasteiger partial charge in [0, 0.05) is 25.3 Å². The predicted octanol–water partition coefficient (Wildman–Crippen LogP) is 2.49. The van der Waals surface area contributed by atoms with Crippen molar-refractivity contribution in [3.05, 3.63) is 24.4 Å². The Morgan fingerprint density at radius 1 is 1.55 bits per heavy atom. The first-order chi connectivity index (χ1) is 9.16. The van der Waals surface area contributed by atoms with Gasteiger partial charge >= 0.3 is 0 Å². The fourth-order valence-corrected chi connectivity index (χ4v) is 2.41. The van der Waals surface area contributed by atoms with Crippen molar-refractivity contribution in [2.75, 3.05) is 18.5 Å². The van der Waals surface area contributed by atoms with Crippen molar-refractivity contribution in [3.63, 3.8) is 0 Å². The monoisotopic (exact) mass is 390 g/mol. The van der Waals surface area contributed by atoms with Gasteiger partial charge < -0.3 is 15.8 Å². The minimum atomic E-state index is 0. The van der Waals surface area contributed by atoms with Gasteiger partial charge in [0.05, 0.1) is 6.10 Å². The van der Waals surface area contributed by atoms with Crippen LogP contribution in [-0.4, -0.2) is 30.2 Å². The number of aliphatic imine (C=N–C) groups is 1. The van der Waals surface area contributed by atoms with Crippen molar-refractivity contribution in [3.8, 4) is 0 Å². The van der Waals surface area contributed by atoms with Crippen molar-refractivity contribution < 1.29 is 4.74 Å². The van der Waals surface area contributed by atoms with Crippen molar-refractivity contribution in [1.29, 1.82) is 0 Å². The molecule has 2 atom stereocenters. The average Bonchev–Trinajstić information content (AvgIpc) is 2.86. The van der Waals surface area contributed by atoms with Crippen LogP contribution in [0.3, 0.4) is 0 Å². The Labute approximate surface area is 137 Å². The van der Waals surface area contributed by atoms with Crippen LogP contribution in [0, 0.1) is 11.8 Å². The summed E-state index contributed by atoms with van der Waals surface area (Å²) in [5.41, 5.74) is 5.86.